The molecule has 0 saturated heterocycles. The van der Waals surface area contributed by atoms with E-state index in [1.165, 1.54) is 43.4 Å². The Hall–Kier alpha value is -3.47. The molecular formula is C30H35Cl2N3O6S. The number of carbonyl (C=O) groups excluding carboxylic acids is 2. The molecule has 1 atom stereocenters. The maximum atomic E-state index is 14.1. The number of benzene rings is 3. The minimum absolute atomic E-state index is 0.0195. The molecule has 3 aromatic carbocycles. The van der Waals surface area contributed by atoms with Crippen molar-refractivity contribution in [2.24, 2.45) is 5.92 Å². The first kappa shape index (κ1) is 33.0. The molecule has 12 heteroatoms. The second kappa shape index (κ2) is 14.6. The van der Waals surface area contributed by atoms with Crippen LogP contribution in [0.5, 0.6) is 11.5 Å². The van der Waals surface area contributed by atoms with Gasteiger partial charge in [0.15, 0.2) is 0 Å². The van der Waals surface area contributed by atoms with Crippen LogP contribution >= 0.6 is 23.2 Å². The minimum atomic E-state index is -4.28. The average Bonchev–Trinajstić information content (AvgIpc) is 2.98. The molecule has 0 bridgehead atoms. The lowest BCUT2D eigenvalue weighted by Crippen LogP contribution is -2.51. The Morgan fingerprint density at radius 2 is 1.57 bits per heavy atom. The van der Waals surface area contributed by atoms with Gasteiger partial charge in [0.2, 0.25) is 11.8 Å². The molecule has 3 aromatic rings. The highest BCUT2D eigenvalue weighted by Gasteiger charge is 2.34. The summed E-state index contributed by atoms with van der Waals surface area (Å²) >= 11 is 12.3. The molecule has 2 amide bonds. The van der Waals surface area contributed by atoms with E-state index in [4.69, 9.17) is 32.7 Å². The molecule has 0 fully saturated rings. The van der Waals surface area contributed by atoms with Gasteiger partial charge in [-0.25, -0.2) is 8.42 Å². The number of sulfonamides is 1. The molecule has 226 valence electrons. The van der Waals surface area contributed by atoms with Crippen LogP contribution in [0, 0.1) is 5.92 Å². The molecule has 0 aliphatic rings. The number of amides is 2. The van der Waals surface area contributed by atoms with E-state index in [2.05, 4.69) is 5.32 Å². The van der Waals surface area contributed by atoms with Gasteiger partial charge in [0.05, 0.1) is 34.8 Å². The smallest absolute Gasteiger partial charge is 0.264 e. The van der Waals surface area contributed by atoms with E-state index in [-0.39, 0.29) is 39.7 Å². The highest BCUT2D eigenvalue weighted by atomic mass is 35.5. The molecule has 0 aliphatic carbocycles. The zero-order chi connectivity index (χ0) is 31.0. The number of hydrogen-bond donors (Lipinski definition) is 1. The SMILES string of the molecule is COc1ccc(S(=O)(=O)N(CC(=O)N(Cc2ccc(Cl)c(Cl)c2)C(C)C(=O)NCC(C)C)c2ccccc2OC)cc1. The van der Waals surface area contributed by atoms with Crippen molar-refractivity contribution >= 4 is 50.7 Å². The van der Waals surface area contributed by atoms with Crippen molar-refractivity contribution in [2.75, 3.05) is 31.6 Å². The maximum Gasteiger partial charge on any atom is 0.264 e. The van der Waals surface area contributed by atoms with Crippen molar-refractivity contribution in [1.29, 1.82) is 0 Å². The monoisotopic (exact) mass is 635 g/mol. The molecular weight excluding hydrogens is 601 g/mol. The predicted octanol–water partition coefficient (Wildman–Crippen LogP) is 5.40. The first-order valence-electron chi connectivity index (χ1n) is 13.2. The van der Waals surface area contributed by atoms with Crippen molar-refractivity contribution in [3.05, 3.63) is 82.3 Å². The van der Waals surface area contributed by atoms with Crippen molar-refractivity contribution < 1.29 is 27.5 Å². The van der Waals surface area contributed by atoms with Gasteiger partial charge in [0, 0.05) is 13.1 Å². The van der Waals surface area contributed by atoms with Crippen molar-refractivity contribution in [3.8, 4) is 11.5 Å². The fourth-order valence-corrected chi connectivity index (χ4v) is 5.84. The summed E-state index contributed by atoms with van der Waals surface area (Å²) in [5.74, 6) is -0.0738. The Kier molecular flexibility index (Phi) is 11.5. The van der Waals surface area contributed by atoms with Gasteiger partial charge >= 0.3 is 0 Å². The molecule has 0 heterocycles. The van der Waals surface area contributed by atoms with Crippen LogP contribution in [0.15, 0.2) is 71.6 Å². The average molecular weight is 637 g/mol. The van der Waals surface area contributed by atoms with Crippen LogP contribution in [0.2, 0.25) is 10.0 Å². The lowest BCUT2D eigenvalue weighted by Gasteiger charge is -2.32. The Labute approximate surface area is 257 Å². The van der Waals surface area contributed by atoms with Crippen molar-refractivity contribution in [2.45, 2.75) is 38.3 Å². The van der Waals surface area contributed by atoms with E-state index in [1.54, 1.807) is 49.4 Å². The fourth-order valence-electron chi connectivity index (χ4n) is 4.09. The van der Waals surface area contributed by atoms with Crippen LogP contribution in [-0.2, 0) is 26.2 Å². The van der Waals surface area contributed by atoms with Crippen molar-refractivity contribution in [1.82, 2.24) is 10.2 Å². The standard InChI is InChI=1S/C30H35Cl2N3O6S/c1-20(2)17-33-30(37)21(3)34(18-22-10-15-25(31)26(32)16-22)29(36)19-35(27-8-6-7-9-28(27)41-5)42(38,39)24-13-11-23(40-4)12-14-24/h6-16,20-21H,17-19H2,1-5H3,(H,33,37). The van der Waals surface area contributed by atoms with Gasteiger partial charge in [-0.15, -0.1) is 0 Å². The second-order valence-electron chi connectivity index (χ2n) is 9.94. The van der Waals surface area contributed by atoms with E-state index in [9.17, 15) is 18.0 Å². The van der Waals surface area contributed by atoms with Crippen LogP contribution in [0.1, 0.15) is 26.3 Å². The summed E-state index contributed by atoms with van der Waals surface area (Å²) in [5.41, 5.74) is 0.777. The summed E-state index contributed by atoms with van der Waals surface area (Å²) in [6, 6.07) is 16.3. The van der Waals surface area contributed by atoms with E-state index in [0.717, 1.165) is 4.31 Å². The predicted molar refractivity (Wildman–Crippen MR) is 165 cm³/mol. The summed E-state index contributed by atoms with van der Waals surface area (Å²) in [4.78, 5) is 28.5. The van der Waals surface area contributed by atoms with E-state index in [1.807, 2.05) is 13.8 Å². The van der Waals surface area contributed by atoms with Crippen molar-refractivity contribution in [3.63, 3.8) is 0 Å². The number of nitrogens with zero attached hydrogens (tertiary/aromatic N) is 2. The van der Waals surface area contributed by atoms with Gasteiger partial charge in [-0.1, -0.05) is 55.2 Å². The minimum Gasteiger partial charge on any atom is -0.497 e. The largest absolute Gasteiger partial charge is 0.497 e. The Morgan fingerprint density at radius 3 is 2.17 bits per heavy atom. The second-order valence-corrected chi connectivity index (χ2v) is 12.6. The summed E-state index contributed by atoms with van der Waals surface area (Å²) < 4.78 is 39.7. The Morgan fingerprint density at radius 1 is 0.905 bits per heavy atom. The normalized spacial score (nSPS) is 12.0. The van der Waals surface area contributed by atoms with E-state index in [0.29, 0.717) is 22.9 Å². The number of hydrogen-bond acceptors (Lipinski definition) is 6. The lowest BCUT2D eigenvalue weighted by atomic mass is 10.1. The molecule has 9 nitrogen and oxygen atoms in total. The number of nitrogens with one attached hydrogen (secondary N) is 1. The Bertz CT molecular complexity index is 1500. The first-order chi connectivity index (χ1) is 19.9. The number of methoxy groups -OCH3 is 2. The number of rotatable bonds is 13. The molecule has 0 aromatic heterocycles. The third-order valence-electron chi connectivity index (χ3n) is 6.47. The summed E-state index contributed by atoms with van der Waals surface area (Å²) in [5, 5.41) is 3.48. The molecule has 0 spiro atoms. The van der Waals surface area contributed by atoms with E-state index < -0.39 is 28.5 Å². The first-order valence-corrected chi connectivity index (χ1v) is 15.4. The molecule has 0 radical (unpaired) electrons. The molecule has 42 heavy (non-hydrogen) atoms. The lowest BCUT2D eigenvalue weighted by molar-refractivity contribution is -0.139. The van der Waals surface area contributed by atoms with Crippen LogP contribution < -0.4 is 19.1 Å². The molecule has 3 rings (SSSR count). The summed E-state index contributed by atoms with van der Waals surface area (Å²) in [6.45, 7) is 5.29. The third kappa shape index (κ3) is 8.08. The number of carbonyl (C=O) groups is 2. The molecule has 0 saturated carbocycles. The van der Waals surface area contributed by atoms with Gasteiger partial charge in [-0.3, -0.25) is 13.9 Å². The van der Waals surface area contributed by atoms with E-state index >= 15 is 0 Å². The van der Waals surface area contributed by atoms with Gasteiger partial charge in [-0.05, 0) is 66.9 Å². The number of ether oxygens (including phenoxy) is 2. The zero-order valence-electron chi connectivity index (χ0n) is 24.1. The maximum absolute atomic E-state index is 14.1. The van der Waals surface area contributed by atoms with Gasteiger partial charge in [-0.2, -0.15) is 0 Å². The number of anilines is 1. The third-order valence-corrected chi connectivity index (χ3v) is 8.98. The summed E-state index contributed by atoms with van der Waals surface area (Å²) in [6.07, 6.45) is 0. The number of halogens is 2. The topological polar surface area (TPSA) is 105 Å². The highest BCUT2D eigenvalue weighted by molar-refractivity contribution is 7.92. The number of para-hydroxylation sites is 2. The van der Waals surface area contributed by atoms with Crippen LogP contribution in [-0.4, -0.2) is 58.5 Å². The van der Waals surface area contributed by atoms with Crippen LogP contribution in [0.3, 0.4) is 0 Å². The van der Waals surface area contributed by atoms with Gasteiger partial charge < -0.3 is 19.7 Å². The van der Waals surface area contributed by atoms with Gasteiger partial charge in [0.1, 0.15) is 24.1 Å². The Balaban J connectivity index is 2.07. The summed E-state index contributed by atoms with van der Waals surface area (Å²) in [7, 11) is -1.39. The molecule has 1 unspecified atom stereocenters. The van der Waals surface area contributed by atoms with Crippen LogP contribution in [0.25, 0.3) is 0 Å². The van der Waals surface area contributed by atoms with Crippen LogP contribution in [0.4, 0.5) is 5.69 Å². The molecule has 1 N–H and O–H groups in total. The van der Waals surface area contributed by atoms with Gasteiger partial charge in [0.25, 0.3) is 10.0 Å². The quantitative estimate of drug-likeness (QED) is 0.270. The highest BCUT2D eigenvalue weighted by Crippen LogP contribution is 2.33. The zero-order valence-corrected chi connectivity index (χ0v) is 26.5. The molecule has 0 aliphatic heterocycles. The fraction of sp³-hybridized carbons (Fsp3) is 0.333.